The van der Waals surface area contributed by atoms with Gasteiger partial charge in [-0.15, -0.1) is 0 Å². The molecule has 0 aromatic rings. The summed E-state index contributed by atoms with van der Waals surface area (Å²) in [5, 5.41) is 11.3. The number of hydrogen-bond acceptors (Lipinski definition) is 3. The number of amides is 1. The summed E-state index contributed by atoms with van der Waals surface area (Å²) in [5.74, 6) is -1.43. The lowest BCUT2D eigenvalue weighted by atomic mass is 10.1. The van der Waals surface area contributed by atoms with Gasteiger partial charge in [-0.25, -0.2) is 4.79 Å². The van der Waals surface area contributed by atoms with Crippen LogP contribution in [0.15, 0.2) is 0 Å². The predicted molar refractivity (Wildman–Crippen MR) is 50.9 cm³/mol. The van der Waals surface area contributed by atoms with E-state index in [0.29, 0.717) is 13.1 Å². The quantitative estimate of drug-likeness (QED) is 0.612. The fraction of sp³-hybridized carbons (Fsp3) is 0.778. The Balaban J connectivity index is 2.56. The highest BCUT2D eigenvalue weighted by Gasteiger charge is 2.29. The van der Waals surface area contributed by atoms with E-state index in [1.165, 1.54) is 7.05 Å². The lowest BCUT2D eigenvalue weighted by Gasteiger charge is -2.28. The first kappa shape index (κ1) is 11.0. The molecule has 0 aliphatic carbocycles. The zero-order chi connectivity index (χ0) is 10.6. The minimum Gasteiger partial charge on any atom is -0.480 e. The van der Waals surface area contributed by atoms with Gasteiger partial charge in [0.15, 0.2) is 6.04 Å². The third kappa shape index (κ3) is 2.45. The maximum atomic E-state index is 11.7. The third-order valence-corrected chi connectivity index (χ3v) is 2.45. The molecule has 1 unspecified atom stereocenters. The van der Waals surface area contributed by atoms with E-state index in [1.807, 2.05) is 0 Å². The van der Waals surface area contributed by atoms with Gasteiger partial charge in [-0.3, -0.25) is 10.1 Å². The van der Waals surface area contributed by atoms with Crippen molar-refractivity contribution in [1.82, 2.24) is 10.2 Å². The molecule has 0 radical (unpaired) electrons. The molecule has 5 heteroatoms. The summed E-state index contributed by atoms with van der Waals surface area (Å²) < 4.78 is 0. The Morgan fingerprint density at radius 3 is 2.29 bits per heavy atom. The zero-order valence-electron chi connectivity index (χ0n) is 8.32. The molecule has 1 aliphatic rings. The summed E-state index contributed by atoms with van der Waals surface area (Å²) in [4.78, 5) is 24.0. The molecule has 1 rings (SSSR count). The number of likely N-dealkylation sites (tertiary alicyclic amines) is 1. The molecule has 1 fully saturated rings. The molecule has 0 bridgehead atoms. The normalized spacial score (nSPS) is 19.1. The number of rotatable bonds is 3. The molecule has 1 amide bonds. The van der Waals surface area contributed by atoms with E-state index in [0.717, 1.165) is 19.3 Å². The van der Waals surface area contributed by atoms with Crippen LogP contribution in [0.3, 0.4) is 0 Å². The summed E-state index contributed by atoms with van der Waals surface area (Å²) in [6.45, 7) is 1.37. The average molecular weight is 200 g/mol. The summed E-state index contributed by atoms with van der Waals surface area (Å²) in [5.41, 5.74) is 0. The molecule has 0 saturated carbocycles. The first-order chi connectivity index (χ1) is 6.66. The molecule has 0 aromatic carbocycles. The number of nitrogens with zero attached hydrogens (tertiary/aromatic N) is 1. The summed E-state index contributed by atoms with van der Waals surface area (Å²) >= 11 is 0. The van der Waals surface area contributed by atoms with Gasteiger partial charge >= 0.3 is 5.97 Å². The Kier molecular flexibility index (Phi) is 3.88. The van der Waals surface area contributed by atoms with Crippen LogP contribution in [0, 0.1) is 0 Å². The van der Waals surface area contributed by atoms with Gasteiger partial charge < -0.3 is 10.0 Å². The van der Waals surface area contributed by atoms with Gasteiger partial charge in [0, 0.05) is 13.1 Å². The lowest BCUT2D eigenvalue weighted by Crippen LogP contribution is -2.51. The fourth-order valence-electron chi connectivity index (χ4n) is 1.65. The van der Waals surface area contributed by atoms with Crippen LogP contribution in [-0.4, -0.2) is 48.1 Å². The summed E-state index contributed by atoms with van der Waals surface area (Å²) in [6.07, 6.45) is 3.07. The van der Waals surface area contributed by atoms with E-state index in [-0.39, 0.29) is 5.91 Å². The molecule has 1 heterocycles. The van der Waals surface area contributed by atoms with Gasteiger partial charge in [0.25, 0.3) is 5.91 Å². The van der Waals surface area contributed by atoms with E-state index in [2.05, 4.69) is 5.32 Å². The van der Waals surface area contributed by atoms with Crippen LogP contribution in [0.5, 0.6) is 0 Å². The second-order valence-electron chi connectivity index (χ2n) is 3.45. The van der Waals surface area contributed by atoms with Crippen molar-refractivity contribution in [2.45, 2.75) is 25.3 Å². The number of likely N-dealkylation sites (N-methyl/N-ethyl adjacent to an activating group) is 1. The maximum Gasteiger partial charge on any atom is 0.330 e. The smallest absolute Gasteiger partial charge is 0.330 e. The van der Waals surface area contributed by atoms with Crippen LogP contribution in [-0.2, 0) is 9.59 Å². The molecular formula is C9H16N2O3. The molecule has 1 atom stereocenters. The third-order valence-electron chi connectivity index (χ3n) is 2.45. The number of carboxylic acid groups (broad SMARTS) is 1. The predicted octanol–water partition coefficient (Wildman–Crippen LogP) is -0.328. The number of aliphatic carboxylic acids is 1. The van der Waals surface area contributed by atoms with Crippen molar-refractivity contribution < 1.29 is 14.7 Å². The Morgan fingerprint density at radius 1 is 1.29 bits per heavy atom. The second kappa shape index (κ2) is 4.95. The van der Waals surface area contributed by atoms with Gasteiger partial charge in [-0.1, -0.05) is 0 Å². The number of piperidine rings is 1. The Labute approximate surface area is 83.1 Å². The first-order valence-electron chi connectivity index (χ1n) is 4.85. The SMILES string of the molecule is CNC(C(=O)O)C(=O)N1CCCCC1. The molecule has 1 aliphatic heterocycles. The largest absolute Gasteiger partial charge is 0.480 e. The molecule has 1 saturated heterocycles. The second-order valence-corrected chi connectivity index (χ2v) is 3.45. The van der Waals surface area contributed by atoms with Crippen molar-refractivity contribution in [2.75, 3.05) is 20.1 Å². The van der Waals surface area contributed by atoms with E-state index in [4.69, 9.17) is 5.11 Å². The van der Waals surface area contributed by atoms with Crippen LogP contribution >= 0.6 is 0 Å². The van der Waals surface area contributed by atoms with Crippen LogP contribution < -0.4 is 5.32 Å². The van der Waals surface area contributed by atoms with Crippen LogP contribution in [0.1, 0.15) is 19.3 Å². The standard InChI is InChI=1S/C9H16N2O3/c1-10-7(9(13)14)8(12)11-5-3-2-4-6-11/h7,10H,2-6H2,1H3,(H,13,14). The molecule has 14 heavy (non-hydrogen) atoms. The minimum atomic E-state index is -1.11. The Morgan fingerprint density at radius 2 is 1.86 bits per heavy atom. The van der Waals surface area contributed by atoms with Crippen molar-refractivity contribution >= 4 is 11.9 Å². The molecule has 2 N–H and O–H groups in total. The summed E-state index contributed by atoms with van der Waals surface area (Å²) in [7, 11) is 1.49. The monoisotopic (exact) mass is 200 g/mol. The molecular weight excluding hydrogens is 184 g/mol. The summed E-state index contributed by atoms with van der Waals surface area (Å²) in [6, 6.07) is -1.09. The topological polar surface area (TPSA) is 69.6 Å². The van der Waals surface area contributed by atoms with Gasteiger partial charge in [0.1, 0.15) is 0 Å². The van der Waals surface area contributed by atoms with Gasteiger partial charge in [-0.05, 0) is 26.3 Å². The van der Waals surface area contributed by atoms with E-state index in [1.54, 1.807) is 4.90 Å². The average Bonchev–Trinajstić information content (AvgIpc) is 2.19. The van der Waals surface area contributed by atoms with E-state index < -0.39 is 12.0 Å². The number of carbonyl (C=O) groups is 2. The van der Waals surface area contributed by atoms with Crippen LogP contribution in [0.4, 0.5) is 0 Å². The van der Waals surface area contributed by atoms with Crippen LogP contribution in [0.2, 0.25) is 0 Å². The number of nitrogens with one attached hydrogen (secondary N) is 1. The first-order valence-corrected chi connectivity index (χ1v) is 4.85. The van der Waals surface area contributed by atoms with E-state index >= 15 is 0 Å². The fourth-order valence-corrected chi connectivity index (χ4v) is 1.65. The van der Waals surface area contributed by atoms with E-state index in [9.17, 15) is 9.59 Å². The van der Waals surface area contributed by atoms with Crippen molar-refractivity contribution in [3.63, 3.8) is 0 Å². The Bertz CT molecular complexity index is 224. The molecule has 5 nitrogen and oxygen atoms in total. The number of carbonyl (C=O) groups excluding carboxylic acids is 1. The Hall–Kier alpha value is -1.10. The lowest BCUT2D eigenvalue weighted by molar-refractivity contribution is -0.148. The number of hydrogen-bond donors (Lipinski definition) is 2. The minimum absolute atomic E-state index is 0.320. The van der Waals surface area contributed by atoms with Crippen molar-refractivity contribution in [3.8, 4) is 0 Å². The van der Waals surface area contributed by atoms with Gasteiger partial charge in [0.2, 0.25) is 0 Å². The highest BCUT2D eigenvalue weighted by Crippen LogP contribution is 2.09. The van der Waals surface area contributed by atoms with Crippen LogP contribution in [0.25, 0.3) is 0 Å². The number of carboxylic acids is 1. The maximum absolute atomic E-state index is 11.7. The molecule has 0 aromatic heterocycles. The van der Waals surface area contributed by atoms with Crippen molar-refractivity contribution in [2.24, 2.45) is 0 Å². The molecule has 0 spiro atoms. The highest BCUT2D eigenvalue weighted by atomic mass is 16.4. The van der Waals surface area contributed by atoms with Gasteiger partial charge in [-0.2, -0.15) is 0 Å². The van der Waals surface area contributed by atoms with Gasteiger partial charge in [0.05, 0.1) is 0 Å². The van der Waals surface area contributed by atoms with Crippen molar-refractivity contribution in [1.29, 1.82) is 0 Å². The highest BCUT2D eigenvalue weighted by molar-refractivity contribution is 6.01. The van der Waals surface area contributed by atoms with Crippen molar-refractivity contribution in [3.05, 3.63) is 0 Å². The zero-order valence-corrected chi connectivity index (χ0v) is 8.32. The molecule has 80 valence electrons.